The van der Waals surface area contributed by atoms with E-state index in [0.29, 0.717) is 16.5 Å². The number of H-pyrrole nitrogens is 1. The average molecular weight is 382 g/mol. The van der Waals surface area contributed by atoms with E-state index in [9.17, 15) is 0 Å². The molecule has 0 aliphatic heterocycles. The van der Waals surface area contributed by atoms with Gasteiger partial charge in [0.1, 0.15) is 18.1 Å². The number of methoxy groups -OCH3 is 1. The van der Waals surface area contributed by atoms with Crippen molar-refractivity contribution < 1.29 is 9.47 Å². The zero-order valence-corrected chi connectivity index (χ0v) is 16.4. The third-order valence-electron chi connectivity index (χ3n) is 4.07. The predicted molar refractivity (Wildman–Crippen MR) is 108 cm³/mol. The highest BCUT2D eigenvalue weighted by molar-refractivity contribution is 7.71. The third kappa shape index (κ3) is 4.83. The van der Waals surface area contributed by atoms with Crippen molar-refractivity contribution in [3.8, 4) is 11.5 Å². The Morgan fingerprint density at radius 1 is 1.11 bits per heavy atom. The largest absolute Gasteiger partial charge is 0.497 e. The van der Waals surface area contributed by atoms with Gasteiger partial charge in [0, 0.05) is 0 Å². The Kier molecular flexibility index (Phi) is 6.03. The van der Waals surface area contributed by atoms with E-state index in [1.807, 2.05) is 36.4 Å². The summed E-state index contributed by atoms with van der Waals surface area (Å²) < 4.78 is 12.9. The van der Waals surface area contributed by atoms with Gasteiger partial charge in [0.15, 0.2) is 5.82 Å². The smallest absolute Gasteiger partial charge is 0.216 e. The quantitative estimate of drug-likeness (QED) is 0.481. The molecule has 0 aliphatic carbocycles. The van der Waals surface area contributed by atoms with Crippen LogP contribution in [0, 0.1) is 4.77 Å². The minimum Gasteiger partial charge on any atom is -0.497 e. The second-order valence-corrected chi connectivity index (χ2v) is 6.67. The van der Waals surface area contributed by atoms with Crippen LogP contribution in [0.4, 0.5) is 0 Å². The molecule has 6 nitrogen and oxygen atoms in total. The fourth-order valence-corrected chi connectivity index (χ4v) is 2.65. The van der Waals surface area contributed by atoms with Crippen LogP contribution < -0.4 is 9.47 Å². The number of hydrogen-bond acceptors (Lipinski definition) is 5. The molecule has 0 bridgehead atoms. The number of aromatic nitrogens is 3. The molecule has 0 aliphatic rings. The molecule has 0 radical (unpaired) electrons. The van der Waals surface area contributed by atoms with E-state index < -0.39 is 0 Å². The lowest BCUT2D eigenvalue weighted by molar-refractivity contribution is 0.290. The standard InChI is InChI=1S/C20H22N4O2S/c1-14(2)16-6-10-18(11-7-16)26-13-19-22-23-20(27)24(19)21-12-15-4-8-17(25-3)9-5-15/h4-12,14H,13H2,1-3H3,(H,23,27)/b21-12-. The molecule has 1 heterocycles. The lowest BCUT2D eigenvalue weighted by Crippen LogP contribution is -2.04. The molecule has 0 unspecified atom stereocenters. The maximum atomic E-state index is 5.82. The minimum absolute atomic E-state index is 0.258. The molecule has 0 saturated heterocycles. The Labute approximate surface area is 163 Å². The van der Waals surface area contributed by atoms with Gasteiger partial charge < -0.3 is 9.47 Å². The third-order valence-corrected chi connectivity index (χ3v) is 4.33. The van der Waals surface area contributed by atoms with Crippen molar-refractivity contribution in [3.05, 3.63) is 70.3 Å². The average Bonchev–Trinajstić information content (AvgIpc) is 3.05. The molecule has 1 N–H and O–H groups in total. The fourth-order valence-electron chi connectivity index (χ4n) is 2.45. The summed E-state index contributed by atoms with van der Waals surface area (Å²) in [6, 6.07) is 15.6. The molecule has 1 aromatic heterocycles. The molecule has 3 aromatic rings. The number of benzene rings is 2. The maximum Gasteiger partial charge on any atom is 0.216 e. The molecule has 0 amide bonds. The molecule has 0 saturated carbocycles. The van der Waals surface area contributed by atoms with Crippen molar-refractivity contribution in [1.29, 1.82) is 0 Å². The van der Waals surface area contributed by atoms with Gasteiger partial charge in [-0.3, -0.25) is 0 Å². The summed E-state index contributed by atoms with van der Waals surface area (Å²) in [6.07, 6.45) is 1.71. The van der Waals surface area contributed by atoms with E-state index in [2.05, 4.69) is 41.3 Å². The summed E-state index contributed by atoms with van der Waals surface area (Å²) in [6.45, 7) is 4.58. The van der Waals surface area contributed by atoms with Crippen molar-refractivity contribution in [1.82, 2.24) is 14.9 Å². The normalized spacial score (nSPS) is 11.3. The summed E-state index contributed by atoms with van der Waals surface area (Å²) >= 11 is 5.26. The second kappa shape index (κ2) is 8.64. The van der Waals surface area contributed by atoms with Crippen LogP contribution in [0.1, 0.15) is 36.7 Å². The van der Waals surface area contributed by atoms with Crippen molar-refractivity contribution >= 4 is 18.4 Å². The number of nitrogens with one attached hydrogen (secondary N) is 1. The second-order valence-electron chi connectivity index (χ2n) is 6.29. The van der Waals surface area contributed by atoms with E-state index in [0.717, 1.165) is 17.1 Å². The van der Waals surface area contributed by atoms with Crippen molar-refractivity contribution in [2.45, 2.75) is 26.4 Å². The molecular formula is C20H22N4O2S. The number of aromatic amines is 1. The molecular weight excluding hydrogens is 360 g/mol. The van der Waals surface area contributed by atoms with Gasteiger partial charge in [-0.2, -0.15) is 14.9 Å². The highest BCUT2D eigenvalue weighted by Gasteiger charge is 2.07. The van der Waals surface area contributed by atoms with Gasteiger partial charge in [-0.15, -0.1) is 0 Å². The minimum atomic E-state index is 0.258. The molecule has 140 valence electrons. The van der Waals surface area contributed by atoms with E-state index >= 15 is 0 Å². The first kappa shape index (κ1) is 18.8. The summed E-state index contributed by atoms with van der Waals surface area (Å²) in [5.41, 5.74) is 2.20. The lowest BCUT2D eigenvalue weighted by Gasteiger charge is -2.08. The molecule has 2 aromatic carbocycles. The first-order valence-corrected chi connectivity index (χ1v) is 9.05. The van der Waals surface area contributed by atoms with Crippen molar-refractivity contribution in [2.75, 3.05) is 7.11 Å². The molecule has 7 heteroatoms. The number of hydrogen-bond donors (Lipinski definition) is 1. The van der Waals surface area contributed by atoms with Gasteiger partial charge in [0.2, 0.25) is 4.77 Å². The first-order valence-electron chi connectivity index (χ1n) is 8.64. The Hall–Kier alpha value is -2.93. The van der Waals surface area contributed by atoms with Crippen molar-refractivity contribution in [2.24, 2.45) is 5.10 Å². The summed E-state index contributed by atoms with van der Waals surface area (Å²) in [4.78, 5) is 0. The maximum absolute atomic E-state index is 5.82. The first-order chi connectivity index (χ1) is 13.1. The van der Waals surface area contributed by atoms with Crippen LogP contribution >= 0.6 is 12.2 Å². The summed E-state index contributed by atoms with van der Waals surface area (Å²) in [7, 11) is 1.64. The monoisotopic (exact) mass is 382 g/mol. The molecule has 0 atom stereocenters. The highest BCUT2D eigenvalue weighted by atomic mass is 32.1. The molecule has 0 spiro atoms. The molecule has 27 heavy (non-hydrogen) atoms. The zero-order chi connectivity index (χ0) is 19.2. The Morgan fingerprint density at radius 2 is 1.78 bits per heavy atom. The van der Waals surface area contributed by atoms with Crippen LogP contribution in [0.3, 0.4) is 0 Å². The SMILES string of the molecule is COc1ccc(/C=N\n2c(COc3ccc(C(C)C)cc3)n[nH]c2=S)cc1. The molecule has 3 rings (SSSR count). The highest BCUT2D eigenvalue weighted by Crippen LogP contribution is 2.19. The van der Waals surface area contributed by atoms with Crippen LogP contribution in [0.2, 0.25) is 0 Å². The van der Waals surface area contributed by atoms with Crippen LogP contribution in [-0.2, 0) is 6.61 Å². The van der Waals surface area contributed by atoms with E-state index in [-0.39, 0.29) is 6.61 Å². The van der Waals surface area contributed by atoms with E-state index in [1.165, 1.54) is 5.56 Å². The van der Waals surface area contributed by atoms with Crippen LogP contribution in [-0.4, -0.2) is 28.2 Å². The van der Waals surface area contributed by atoms with Gasteiger partial charge in [0.05, 0.1) is 13.3 Å². The number of nitrogens with zero attached hydrogens (tertiary/aromatic N) is 3. The fraction of sp³-hybridized carbons (Fsp3) is 0.250. The van der Waals surface area contributed by atoms with E-state index in [4.69, 9.17) is 21.7 Å². The lowest BCUT2D eigenvalue weighted by atomic mass is 10.0. The summed E-state index contributed by atoms with van der Waals surface area (Å²) in [5.74, 6) is 2.66. The van der Waals surface area contributed by atoms with Gasteiger partial charge >= 0.3 is 0 Å². The Balaban J connectivity index is 1.70. The van der Waals surface area contributed by atoms with Crippen molar-refractivity contribution in [3.63, 3.8) is 0 Å². The topological polar surface area (TPSA) is 64.4 Å². The Morgan fingerprint density at radius 3 is 2.41 bits per heavy atom. The predicted octanol–water partition coefficient (Wildman–Crippen LogP) is 4.53. The van der Waals surface area contributed by atoms with Gasteiger partial charge in [-0.25, -0.2) is 5.10 Å². The molecule has 0 fully saturated rings. The van der Waals surface area contributed by atoms with Gasteiger partial charge in [0.25, 0.3) is 0 Å². The summed E-state index contributed by atoms with van der Waals surface area (Å²) in [5, 5.41) is 11.4. The Bertz CT molecular complexity index is 957. The van der Waals surface area contributed by atoms with Gasteiger partial charge in [-0.05, 0) is 65.7 Å². The van der Waals surface area contributed by atoms with Gasteiger partial charge in [-0.1, -0.05) is 26.0 Å². The van der Waals surface area contributed by atoms with E-state index in [1.54, 1.807) is 18.0 Å². The zero-order valence-electron chi connectivity index (χ0n) is 15.5. The van der Waals surface area contributed by atoms with Crippen LogP contribution in [0.5, 0.6) is 11.5 Å². The number of ether oxygens (including phenoxy) is 2. The van der Waals surface area contributed by atoms with Crippen LogP contribution in [0.25, 0.3) is 0 Å². The number of rotatable bonds is 7. The van der Waals surface area contributed by atoms with Crippen LogP contribution in [0.15, 0.2) is 53.6 Å².